The van der Waals surface area contributed by atoms with Gasteiger partial charge in [0.1, 0.15) is 5.75 Å². The van der Waals surface area contributed by atoms with Gasteiger partial charge in [-0.25, -0.2) is 0 Å². The van der Waals surface area contributed by atoms with Crippen LogP contribution in [-0.2, 0) is 0 Å². The van der Waals surface area contributed by atoms with Crippen molar-refractivity contribution in [1.29, 1.82) is 0 Å². The molecular weight excluding hydrogens is 278 g/mol. The first kappa shape index (κ1) is 15.0. The maximum atomic E-state index is 11.1. The third-order valence-corrected chi connectivity index (χ3v) is 4.57. The van der Waals surface area contributed by atoms with Crippen LogP contribution in [0.3, 0.4) is 0 Å². The molecule has 0 saturated heterocycles. The second kappa shape index (κ2) is 6.35. The maximum Gasteiger partial charge on any atom is 0.314 e. The van der Waals surface area contributed by atoms with Gasteiger partial charge in [-0.2, -0.15) is 12.6 Å². The molecule has 6 heteroatoms. The normalized spacial score (nSPS) is 16.9. The predicted octanol–water partition coefficient (Wildman–Crippen LogP) is 3.47. The fourth-order valence-corrected chi connectivity index (χ4v) is 3.00. The smallest absolute Gasteiger partial charge is 0.314 e. The van der Waals surface area contributed by atoms with Crippen LogP contribution in [0.1, 0.15) is 25.7 Å². The monoisotopic (exact) mass is 297 g/mol. The highest BCUT2D eigenvalue weighted by atomic mass is 32.1. The molecule has 1 aromatic carbocycles. The third kappa shape index (κ3) is 3.17. The van der Waals surface area contributed by atoms with Gasteiger partial charge in [0.25, 0.3) is 0 Å². The number of ether oxygens (including phenoxy) is 2. The number of methoxy groups -OCH3 is 1. The lowest BCUT2D eigenvalue weighted by atomic mass is 9.90. The highest BCUT2D eigenvalue weighted by Gasteiger charge is 2.34. The van der Waals surface area contributed by atoms with E-state index in [-0.39, 0.29) is 11.1 Å². The average Bonchev–Trinajstić information content (AvgIpc) is 2.94. The van der Waals surface area contributed by atoms with Crippen molar-refractivity contribution in [3.8, 4) is 11.5 Å². The number of nitro groups is 1. The van der Waals surface area contributed by atoms with Crippen LogP contribution in [0.4, 0.5) is 5.69 Å². The summed E-state index contributed by atoms with van der Waals surface area (Å²) in [5, 5.41) is 11.1. The van der Waals surface area contributed by atoms with Crippen LogP contribution in [-0.4, -0.2) is 24.4 Å². The summed E-state index contributed by atoms with van der Waals surface area (Å²) in [6, 6.07) is 4.65. The highest BCUT2D eigenvalue weighted by Crippen LogP contribution is 2.40. The van der Waals surface area contributed by atoms with E-state index in [1.807, 2.05) is 0 Å². The number of rotatable bonds is 6. The summed E-state index contributed by atoms with van der Waals surface area (Å²) in [6.07, 6.45) is 4.49. The summed E-state index contributed by atoms with van der Waals surface area (Å²) >= 11 is 4.41. The SMILES string of the molecule is COc1ccc(OCC2(CS)CCCC2)c([N+](=O)[O-])c1. The Bertz CT molecular complexity index is 486. The number of benzene rings is 1. The van der Waals surface area contributed by atoms with Crippen LogP contribution in [0, 0.1) is 15.5 Å². The molecule has 0 radical (unpaired) electrons. The van der Waals surface area contributed by atoms with Crippen LogP contribution >= 0.6 is 12.6 Å². The first-order valence-electron chi connectivity index (χ1n) is 6.66. The van der Waals surface area contributed by atoms with Crippen molar-refractivity contribution in [2.24, 2.45) is 5.41 Å². The van der Waals surface area contributed by atoms with Gasteiger partial charge in [0.15, 0.2) is 5.75 Å². The van der Waals surface area contributed by atoms with Crippen LogP contribution in [0.25, 0.3) is 0 Å². The second-order valence-corrected chi connectivity index (χ2v) is 5.56. The van der Waals surface area contributed by atoms with E-state index in [0.29, 0.717) is 18.1 Å². The molecule has 1 saturated carbocycles. The summed E-state index contributed by atoms with van der Waals surface area (Å²) in [7, 11) is 1.48. The van der Waals surface area contributed by atoms with Gasteiger partial charge >= 0.3 is 5.69 Å². The summed E-state index contributed by atoms with van der Waals surface area (Å²) in [5.74, 6) is 1.49. The van der Waals surface area contributed by atoms with Crippen molar-refractivity contribution in [2.45, 2.75) is 25.7 Å². The van der Waals surface area contributed by atoms with Crippen molar-refractivity contribution in [1.82, 2.24) is 0 Å². The average molecular weight is 297 g/mol. The van der Waals surface area contributed by atoms with E-state index in [0.717, 1.165) is 18.6 Å². The molecule has 0 aliphatic heterocycles. The van der Waals surface area contributed by atoms with Gasteiger partial charge in [0.05, 0.1) is 24.7 Å². The van der Waals surface area contributed by atoms with Gasteiger partial charge in [-0.1, -0.05) is 12.8 Å². The zero-order valence-corrected chi connectivity index (χ0v) is 12.4. The topological polar surface area (TPSA) is 61.6 Å². The number of thiol groups is 1. The van der Waals surface area contributed by atoms with Gasteiger partial charge < -0.3 is 9.47 Å². The van der Waals surface area contributed by atoms with E-state index in [1.54, 1.807) is 12.1 Å². The third-order valence-electron chi connectivity index (χ3n) is 3.90. The Labute approximate surface area is 123 Å². The Morgan fingerprint density at radius 2 is 2.10 bits per heavy atom. The molecule has 0 bridgehead atoms. The Morgan fingerprint density at radius 1 is 1.40 bits per heavy atom. The fourth-order valence-electron chi connectivity index (χ4n) is 2.59. The molecule has 5 nitrogen and oxygen atoms in total. The Morgan fingerprint density at radius 3 is 2.65 bits per heavy atom. The van der Waals surface area contributed by atoms with Crippen molar-refractivity contribution >= 4 is 18.3 Å². The van der Waals surface area contributed by atoms with Gasteiger partial charge in [0.2, 0.25) is 0 Å². The lowest BCUT2D eigenvalue weighted by Gasteiger charge is -2.26. The van der Waals surface area contributed by atoms with E-state index < -0.39 is 4.92 Å². The Hall–Kier alpha value is -1.43. The molecule has 0 heterocycles. The first-order valence-corrected chi connectivity index (χ1v) is 7.29. The standard InChI is InChI=1S/C14H19NO4S/c1-18-11-4-5-13(12(8-11)15(16)17)19-9-14(10-20)6-2-3-7-14/h4-5,8,20H,2-3,6-7,9-10H2,1H3. The van der Waals surface area contributed by atoms with Gasteiger partial charge in [-0.15, -0.1) is 0 Å². The van der Waals surface area contributed by atoms with Crippen LogP contribution in [0.5, 0.6) is 11.5 Å². The summed E-state index contributed by atoms with van der Waals surface area (Å²) < 4.78 is 10.7. The van der Waals surface area contributed by atoms with Crippen LogP contribution < -0.4 is 9.47 Å². The quantitative estimate of drug-likeness (QED) is 0.496. The molecule has 0 amide bonds. The molecular formula is C14H19NO4S. The molecule has 1 aliphatic carbocycles. The molecule has 0 atom stereocenters. The molecule has 1 fully saturated rings. The van der Waals surface area contributed by atoms with Gasteiger partial charge in [-0.05, 0) is 30.7 Å². The zero-order valence-electron chi connectivity index (χ0n) is 11.5. The molecule has 1 aromatic rings. The lowest BCUT2D eigenvalue weighted by Crippen LogP contribution is -2.27. The number of nitro benzene ring substituents is 1. The molecule has 0 aromatic heterocycles. The van der Waals surface area contributed by atoms with Gasteiger partial charge in [0, 0.05) is 5.41 Å². The van der Waals surface area contributed by atoms with Crippen molar-refractivity contribution < 1.29 is 14.4 Å². The number of hydrogen-bond donors (Lipinski definition) is 1. The Kier molecular flexibility index (Phi) is 4.75. The summed E-state index contributed by atoms with van der Waals surface area (Å²) in [6.45, 7) is 0.476. The van der Waals surface area contributed by atoms with E-state index >= 15 is 0 Å². The predicted molar refractivity (Wildman–Crippen MR) is 79.9 cm³/mol. The number of hydrogen-bond acceptors (Lipinski definition) is 5. The van der Waals surface area contributed by atoms with Crippen LogP contribution in [0.15, 0.2) is 18.2 Å². The molecule has 1 aliphatic rings. The molecule has 2 rings (SSSR count). The lowest BCUT2D eigenvalue weighted by molar-refractivity contribution is -0.386. The van der Waals surface area contributed by atoms with E-state index in [9.17, 15) is 10.1 Å². The molecule has 0 spiro atoms. The number of nitrogens with zero attached hydrogens (tertiary/aromatic N) is 1. The van der Waals surface area contributed by atoms with Crippen LogP contribution in [0.2, 0.25) is 0 Å². The highest BCUT2D eigenvalue weighted by molar-refractivity contribution is 7.80. The van der Waals surface area contributed by atoms with E-state index in [2.05, 4.69) is 12.6 Å². The van der Waals surface area contributed by atoms with Crippen molar-refractivity contribution in [3.63, 3.8) is 0 Å². The van der Waals surface area contributed by atoms with E-state index in [4.69, 9.17) is 9.47 Å². The van der Waals surface area contributed by atoms with Gasteiger partial charge in [-0.3, -0.25) is 10.1 Å². The summed E-state index contributed by atoms with van der Waals surface area (Å²) in [4.78, 5) is 10.6. The van der Waals surface area contributed by atoms with Crippen molar-refractivity contribution in [3.05, 3.63) is 28.3 Å². The fraction of sp³-hybridized carbons (Fsp3) is 0.571. The molecule has 0 unspecified atom stereocenters. The van der Waals surface area contributed by atoms with Crippen molar-refractivity contribution in [2.75, 3.05) is 19.5 Å². The maximum absolute atomic E-state index is 11.1. The first-order chi connectivity index (χ1) is 9.60. The largest absolute Gasteiger partial charge is 0.496 e. The zero-order chi connectivity index (χ0) is 14.6. The Balaban J connectivity index is 2.14. The molecule has 20 heavy (non-hydrogen) atoms. The second-order valence-electron chi connectivity index (χ2n) is 5.24. The summed E-state index contributed by atoms with van der Waals surface area (Å²) in [5.41, 5.74) is -0.00616. The molecule has 0 N–H and O–H groups in total. The van der Waals surface area contributed by atoms with E-state index in [1.165, 1.54) is 26.0 Å². The minimum absolute atomic E-state index is 0.0525. The molecule has 110 valence electrons. The minimum Gasteiger partial charge on any atom is -0.496 e. The minimum atomic E-state index is -0.445.